The number of benzene rings is 1. The van der Waals surface area contributed by atoms with Crippen molar-refractivity contribution in [1.29, 1.82) is 0 Å². The number of aryl methyl sites for hydroxylation is 1. The van der Waals surface area contributed by atoms with Gasteiger partial charge in [0.05, 0.1) is 0 Å². The van der Waals surface area contributed by atoms with E-state index in [9.17, 15) is 19.5 Å². The number of alkyl carbamates (subject to hydrolysis) is 1. The van der Waals surface area contributed by atoms with Gasteiger partial charge in [0.15, 0.2) is 0 Å². The van der Waals surface area contributed by atoms with Crippen LogP contribution in [0.3, 0.4) is 0 Å². The fraction of sp³-hybridized carbons (Fsp3) is 0.690. The van der Waals surface area contributed by atoms with Crippen LogP contribution in [0.2, 0.25) is 0 Å². The van der Waals surface area contributed by atoms with Crippen molar-refractivity contribution in [2.45, 2.75) is 118 Å². The Morgan fingerprint density at radius 3 is 2.19 bits per heavy atom. The summed E-state index contributed by atoms with van der Waals surface area (Å²) in [5, 5.41) is 15.8. The highest BCUT2D eigenvalue weighted by molar-refractivity contribution is 5.92. The minimum Gasteiger partial charge on any atom is -0.508 e. The molecule has 210 valence electrons. The maximum absolute atomic E-state index is 14.1. The Kier molecular flexibility index (Phi) is 12.9. The predicted molar refractivity (Wildman–Crippen MR) is 147 cm³/mol. The average molecular weight is 520 g/mol. The number of unbranched alkanes of at least 4 members (excludes halogenated alkanes) is 3. The zero-order chi connectivity index (χ0) is 28.3. The first kappa shape index (κ1) is 32.3. The number of nitrogens with zero attached hydrogens (tertiary/aromatic N) is 1. The quantitative estimate of drug-likeness (QED) is 0.293. The molecular weight excluding hydrogens is 470 g/mol. The van der Waals surface area contributed by atoms with Gasteiger partial charge >= 0.3 is 6.09 Å². The first-order valence-electron chi connectivity index (χ1n) is 13.6. The molecule has 0 aliphatic heterocycles. The van der Waals surface area contributed by atoms with Crippen LogP contribution < -0.4 is 10.6 Å². The van der Waals surface area contributed by atoms with E-state index in [1.165, 1.54) is 0 Å². The number of amides is 3. The third kappa shape index (κ3) is 11.4. The molecule has 1 rings (SSSR count). The van der Waals surface area contributed by atoms with Crippen molar-refractivity contribution in [2.24, 2.45) is 5.92 Å². The monoisotopic (exact) mass is 519 g/mol. The highest BCUT2D eigenvalue weighted by atomic mass is 16.6. The standard InChI is InChI=1S/C29H49N3O5/c1-10-11-12-13-16-32(27(35)23(17-19(2)3)31-28(36)37-29(7,8)9)25(26(34)30-20(4)5)22-14-15-24(33)21(6)18-22/h14-15,18-20,23,25,33H,10-13,16-17H2,1-9H3,(H,30,34)(H,31,36). The summed E-state index contributed by atoms with van der Waals surface area (Å²) in [7, 11) is 0. The molecule has 8 nitrogen and oxygen atoms in total. The Balaban J connectivity index is 3.52. The molecule has 37 heavy (non-hydrogen) atoms. The van der Waals surface area contributed by atoms with Gasteiger partial charge in [0.25, 0.3) is 0 Å². The molecule has 0 heterocycles. The molecule has 0 aromatic heterocycles. The molecule has 2 unspecified atom stereocenters. The van der Waals surface area contributed by atoms with Crippen LogP contribution in [0, 0.1) is 12.8 Å². The maximum atomic E-state index is 14.1. The van der Waals surface area contributed by atoms with Crippen molar-refractivity contribution < 1.29 is 24.2 Å². The van der Waals surface area contributed by atoms with Gasteiger partial charge in [-0.25, -0.2) is 4.79 Å². The normalized spacial score (nSPS) is 13.3. The fourth-order valence-electron chi connectivity index (χ4n) is 4.10. The van der Waals surface area contributed by atoms with Crippen molar-refractivity contribution in [2.75, 3.05) is 6.54 Å². The minimum atomic E-state index is -0.911. The average Bonchev–Trinajstić information content (AvgIpc) is 2.75. The summed E-state index contributed by atoms with van der Waals surface area (Å²) < 4.78 is 5.44. The fourth-order valence-corrected chi connectivity index (χ4v) is 4.10. The highest BCUT2D eigenvalue weighted by Gasteiger charge is 2.36. The third-order valence-electron chi connectivity index (χ3n) is 5.76. The van der Waals surface area contributed by atoms with Gasteiger partial charge in [0.2, 0.25) is 11.8 Å². The van der Waals surface area contributed by atoms with Crippen molar-refractivity contribution in [3.05, 3.63) is 29.3 Å². The van der Waals surface area contributed by atoms with Gasteiger partial charge in [-0.15, -0.1) is 0 Å². The number of hydrogen-bond acceptors (Lipinski definition) is 5. The van der Waals surface area contributed by atoms with E-state index in [1.807, 2.05) is 27.7 Å². The molecule has 0 bridgehead atoms. The highest BCUT2D eigenvalue weighted by Crippen LogP contribution is 2.28. The zero-order valence-corrected chi connectivity index (χ0v) is 24.3. The number of carbonyl (C=O) groups excluding carboxylic acids is 3. The summed E-state index contributed by atoms with van der Waals surface area (Å²) in [6.07, 6.45) is 3.44. The molecule has 0 spiro atoms. The first-order valence-corrected chi connectivity index (χ1v) is 13.6. The van der Waals surface area contributed by atoms with Crippen LogP contribution >= 0.6 is 0 Å². The number of ether oxygens (including phenoxy) is 1. The van der Waals surface area contributed by atoms with Crippen LogP contribution in [-0.4, -0.2) is 52.1 Å². The van der Waals surface area contributed by atoms with Gasteiger partial charge in [0, 0.05) is 12.6 Å². The second kappa shape index (κ2) is 14.8. The molecule has 1 aromatic rings. The van der Waals surface area contributed by atoms with Gasteiger partial charge in [-0.05, 0) is 83.6 Å². The summed E-state index contributed by atoms with van der Waals surface area (Å²) in [6.45, 7) is 17.2. The summed E-state index contributed by atoms with van der Waals surface area (Å²) >= 11 is 0. The first-order chi connectivity index (χ1) is 17.2. The van der Waals surface area contributed by atoms with E-state index in [0.717, 1.165) is 25.7 Å². The van der Waals surface area contributed by atoms with Gasteiger partial charge in [-0.1, -0.05) is 46.1 Å². The number of hydrogen-bond donors (Lipinski definition) is 3. The molecule has 3 amide bonds. The second-order valence-corrected chi connectivity index (χ2v) is 11.5. The molecular formula is C29H49N3O5. The van der Waals surface area contributed by atoms with Crippen LogP contribution in [0.25, 0.3) is 0 Å². The van der Waals surface area contributed by atoms with E-state index < -0.39 is 23.8 Å². The van der Waals surface area contributed by atoms with E-state index >= 15 is 0 Å². The Bertz CT molecular complexity index is 892. The summed E-state index contributed by atoms with van der Waals surface area (Å²) in [4.78, 5) is 41.9. The molecule has 0 saturated heterocycles. The van der Waals surface area contributed by atoms with Gasteiger partial charge in [-0.2, -0.15) is 0 Å². The van der Waals surface area contributed by atoms with Crippen molar-refractivity contribution >= 4 is 17.9 Å². The minimum absolute atomic E-state index is 0.115. The Morgan fingerprint density at radius 1 is 1.03 bits per heavy atom. The Morgan fingerprint density at radius 2 is 1.68 bits per heavy atom. The molecule has 1 aromatic carbocycles. The van der Waals surface area contributed by atoms with Crippen LogP contribution in [-0.2, 0) is 14.3 Å². The van der Waals surface area contributed by atoms with Crippen molar-refractivity contribution in [1.82, 2.24) is 15.5 Å². The molecule has 0 radical (unpaired) electrons. The van der Waals surface area contributed by atoms with Crippen LogP contribution in [0.4, 0.5) is 4.79 Å². The lowest BCUT2D eigenvalue weighted by Crippen LogP contribution is -2.54. The molecule has 3 N–H and O–H groups in total. The third-order valence-corrected chi connectivity index (χ3v) is 5.76. The number of phenolic OH excluding ortho intramolecular Hbond substituents is 1. The largest absolute Gasteiger partial charge is 0.508 e. The number of aromatic hydroxyl groups is 1. The smallest absolute Gasteiger partial charge is 0.408 e. The molecule has 0 aliphatic carbocycles. The van der Waals surface area contributed by atoms with E-state index in [-0.39, 0.29) is 29.5 Å². The number of rotatable bonds is 13. The molecule has 0 saturated carbocycles. The molecule has 0 aliphatic rings. The van der Waals surface area contributed by atoms with Crippen LogP contribution in [0.5, 0.6) is 5.75 Å². The lowest BCUT2D eigenvalue weighted by atomic mass is 9.97. The van der Waals surface area contributed by atoms with Gasteiger partial charge in [-0.3, -0.25) is 9.59 Å². The lowest BCUT2D eigenvalue weighted by molar-refractivity contribution is -0.143. The summed E-state index contributed by atoms with van der Waals surface area (Å²) in [6, 6.07) is 3.07. The van der Waals surface area contributed by atoms with E-state index in [2.05, 4.69) is 17.6 Å². The SMILES string of the molecule is CCCCCCN(C(=O)C(CC(C)C)NC(=O)OC(C)(C)C)C(C(=O)NC(C)C)c1ccc(O)c(C)c1. The number of nitrogens with one attached hydrogen (secondary N) is 2. The van der Waals surface area contributed by atoms with E-state index in [0.29, 0.717) is 24.1 Å². The lowest BCUT2D eigenvalue weighted by Gasteiger charge is -2.35. The molecule has 8 heteroatoms. The maximum Gasteiger partial charge on any atom is 0.408 e. The van der Waals surface area contributed by atoms with Crippen molar-refractivity contribution in [3.8, 4) is 5.75 Å². The topological polar surface area (TPSA) is 108 Å². The summed E-state index contributed by atoms with van der Waals surface area (Å²) in [5.74, 6) is -0.392. The van der Waals surface area contributed by atoms with Crippen LogP contribution in [0.1, 0.15) is 105 Å². The summed E-state index contributed by atoms with van der Waals surface area (Å²) in [5.41, 5.74) is 0.514. The molecule has 2 atom stereocenters. The Hall–Kier alpha value is -2.77. The van der Waals surface area contributed by atoms with E-state index in [1.54, 1.807) is 50.8 Å². The predicted octanol–water partition coefficient (Wildman–Crippen LogP) is 5.61. The van der Waals surface area contributed by atoms with Crippen LogP contribution in [0.15, 0.2) is 18.2 Å². The number of phenols is 1. The Labute approximate surface area is 223 Å². The number of carbonyl (C=O) groups is 3. The van der Waals surface area contributed by atoms with Crippen molar-refractivity contribution in [3.63, 3.8) is 0 Å². The van der Waals surface area contributed by atoms with E-state index in [4.69, 9.17) is 4.74 Å². The van der Waals surface area contributed by atoms with Gasteiger partial charge in [0.1, 0.15) is 23.4 Å². The second-order valence-electron chi connectivity index (χ2n) is 11.5. The van der Waals surface area contributed by atoms with Gasteiger partial charge < -0.3 is 25.4 Å². The molecule has 0 fully saturated rings. The zero-order valence-electron chi connectivity index (χ0n) is 24.3.